The van der Waals surface area contributed by atoms with Gasteiger partial charge in [0.05, 0.1) is 11.4 Å². The molecule has 0 saturated carbocycles. The summed E-state index contributed by atoms with van der Waals surface area (Å²) in [7, 11) is -2.40. The third kappa shape index (κ3) is 4.18. The fourth-order valence-corrected chi connectivity index (χ4v) is 3.91. The standard InChI is InChI=1S/C13H20BrN3O3S/c1-4-17(5-2)13(18)9-16(3)21(19,20)12-8-10(15)6-7-11(12)14/h6-8H,4-5,9,15H2,1-3H3. The number of carbonyl (C=O) groups excluding carboxylic acids is 1. The van der Waals surface area contributed by atoms with Crippen LogP contribution >= 0.6 is 15.9 Å². The molecule has 0 bridgehead atoms. The Hall–Kier alpha value is -1.12. The first-order valence-electron chi connectivity index (χ1n) is 6.53. The summed E-state index contributed by atoms with van der Waals surface area (Å²) in [6, 6.07) is 4.55. The zero-order valence-electron chi connectivity index (χ0n) is 12.3. The molecule has 0 fully saturated rings. The molecule has 0 aliphatic heterocycles. The molecule has 0 aliphatic carbocycles. The molecule has 0 atom stereocenters. The molecule has 21 heavy (non-hydrogen) atoms. The molecule has 0 unspecified atom stereocenters. The SMILES string of the molecule is CCN(CC)C(=O)CN(C)S(=O)(=O)c1cc(N)ccc1Br. The summed E-state index contributed by atoms with van der Waals surface area (Å²) < 4.78 is 26.5. The molecule has 0 spiro atoms. The van der Waals surface area contributed by atoms with E-state index in [1.54, 1.807) is 17.0 Å². The zero-order valence-corrected chi connectivity index (χ0v) is 14.7. The molecule has 1 rings (SSSR count). The van der Waals surface area contributed by atoms with Crippen molar-refractivity contribution in [3.8, 4) is 0 Å². The molecule has 0 radical (unpaired) electrons. The van der Waals surface area contributed by atoms with Crippen LogP contribution in [0.25, 0.3) is 0 Å². The summed E-state index contributed by atoms with van der Waals surface area (Å²) in [6.07, 6.45) is 0. The van der Waals surface area contributed by atoms with E-state index in [1.807, 2.05) is 13.8 Å². The second kappa shape index (κ2) is 7.24. The van der Waals surface area contributed by atoms with Crippen LogP contribution in [-0.4, -0.2) is 50.2 Å². The van der Waals surface area contributed by atoms with E-state index < -0.39 is 10.0 Å². The summed E-state index contributed by atoms with van der Waals surface area (Å²) in [5.74, 6) is -0.230. The first-order chi connectivity index (χ1) is 9.73. The lowest BCUT2D eigenvalue weighted by Crippen LogP contribution is -2.41. The van der Waals surface area contributed by atoms with E-state index in [4.69, 9.17) is 5.73 Å². The highest BCUT2D eigenvalue weighted by molar-refractivity contribution is 9.10. The Bertz CT molecular complexity index is 615. The number of hydrogen-bond acceptors (Lipinski definition) is 4. The van der Waals surface area contributed by atoms with E-state index in [1.165, 1.54) is 13.1 Å². The van der Waals surface area contributed by atoms with Crippen LogP contribution in [0.1, 0.15) is 13.8 Å². The van der Waals surface area contributed by atoms with Crippen LogP contribution in [0.2, 0.25) is 0 Å². The van der Waals surface area contributed by atoms with Crippen molar-refractivity contribution in [2.45, 2.75) is 18.7 Å². The maximum Gasteiger partial charge on any atom is 0.244 e. The third-order valence-corrected chi connectivity index (χ3v) is 5.91. The van der Waals surface area contributed by atoms with E-state index in [0.717, 1.165) is 4.31 Å². The second-order valence-corrected chi connectivity index (χ2v) is 7.38. The molecular weight excluding hydrogens is 358 g/mol. The van der Waals surface area contributed by atoms with Gasteiger partial charge >= 0.3 is 0 Å². The van der Waals surface area contributed by atoms with Crippen LogP contribution in [0.3, 0.4) is 0 Å². The number of halogens is 1. The molecule has 118 valence electrons. The Balaban J connectivity index is 3.02. The van der Waals surface area contributed by atoms with Gasteiger partial charge in [-0.2, -0.15) is 4.31 Å². The summed E-state index contributed by atoms with van der Waals surface area (Å²) >= 11 is 3.20. The van der Waals surface area contributed by atoms with Crippen molar-refractivity contribution < 1.29 is 13.2 Å². The van der Waals surface area contributed by atoms with Gasteiger partial charge in [-0.3, -0.25) is 4.79 Å². The number of sulfonamides is 1. The Morgan fingerprint density at radius 1 is 1.29 bits per heavy atom. The maximum absolute atomic E-state index is 12.5. The second-order valence-electron chi connectivity index (χ2n) is 4.52. The molecule has 8 heteroatoms. The number of amides is 1. The molecule has 0 aliphatic rings. The van der Waals surface area contributed by atoms with Gasteiger partial charge in [-0.1, -0.05) is 0 Å². The topological polar surface area (TPSA) is 83.7 Å². The van der Waals surface area contributed by atoms with Gasteiger partial charge in [0.2, 0.25) is 15.9 Å². The minimum absolute atomic E-state index is 0.0531. The zero-order chi connectivity index (χ0) is 16.2. The number of carbonyl (C=O) groups is 1. The maximum atomic E-state index is 12.5. The van der Waals surface area contributed by atoms with Crippen LogP contribution in [0.4, 0.5) is 5.69 Å². The average molecular weight is 378 g/mol. The van der Waals surface area contributed by atoms with Gasteiger partial charge in [0, 0.05) is 30.3 Å². The van der Waals surface area contributed by atoms with E-state index in [2.05, 4.69) is 15.9 Å². The number of nitrogen functional groups attached to an aromatic ring is 1. The first-order valence-corrected chi connectivity index (χ1v) is 8.76. The Kier molecular flexibility index (Phi) is 6.18. The lowest BCUT2D eigenvalue weighted by atomic mass is 10.3. The fourth-order valence-electron chi connectivity index (χ4n) is 1.84. The minimum Gasteiger partial charge on any atom is -0.399 e. The average Bonchev–Trinajstić information content (AvgIpc) is 2.42. The van der Waals surface area contributed by atoms with Crippen molar-refractivity contribution in [1.82, 2.24) is 9.21 Å². The minimum atomic E-state index is -3.78. The summed E-state index contributed by atoms with van der Waals surface area (Å²) in [6.45, 7) is 4.59. The van der Waals surface area contributed by atoms with Crippen LogP contribution < -0.4 is 5.73 Å². The molecule has 1 aromatic carbocycles. The Labute approximate surface area is 134 Å². The van der Waals surface area contributed by atoms with Crippen LogP contribution in [0, 0.1) is 0 Å². The highest BCUT2D eigenvalue weighted by atomic mass is 79.9. The van der Waals surface area contributed by atoms with Crippen molar-refractivity contribution in [3.05, 3.63) is 22.7 Å². The van der Waals surface area contributed by atoms with Gasteiger partial charge in [-0.05, 0) is 48.0 Å². The Morgan fingerprint density at radius 3 is 2.38 bits per heavy atom. The largest absolute Gasteiger partial charge is 0.399 e. The van der Waals surface area contributed by atoms with Crippen molar-refractivity contribution in [2.75, 3.05) is 32.4 Å². The van der Waals surface area contributed by atoms with Gasteiger partial charge in [-0.15, -0.1) is 0 Å². The Morgan fingerprint density at radius 2 is 1.86 bits per heavy atom. The molecule has 1 amide bonds. The fraction of sp³-hybridized carbons (Fsp3) is 0.462. The predicted molar refractivity (Wildman–Crippen MR) is 86.3 cm³/mol. The summed E-state index contributed by atoms with van der Waals surface area (Å²) in [5, 5.41) is 0. The number of likely N-dealkylation sites (N-methyl/N-ethyl adjacent to an activating group) is 2. The molecule has 6 nitrogen and oxygen atoms in total. The quantitative estimate of drug-likeness (QED) is 0.761. The third-order valence-electron chi connectivity index (χ3n) is 3.12. The van der Waals surface area contributed by atoms with E-state index in [0.29, 0.717) is 23.2 Å². The number of nitrogens with two attached hydrogens (primary N) is 1. The van der Waals surface area contributed by atoms with Crippen molar-refractivity contribution >= 4 is 37.5 Å². The van der Waals surface area contributed by atoms with E-state index in [-0.39, 0.29) is 17.3 Å². The normalized spacial score (nSPS) is 11.7. The number of hydrogen-bond donors (Lipinski definition) is 1. The van der Waals surface area contributed by atoms with Crippen molar-refractivity contribution in [1.29, 1.82) is 0 Å². The lowest BCUT2D eigenvalue weighted by Gasteiger charge is -2.23. The molecule has 0 aromatic heterocycles. The smallest absolute Gasteiger partial charge is 0.244 e. The lowest BCUT2D eigenvalue weighted by molar-refractivity contribution is -0.130. The van der Waals surface area contributed by atoms with E-state index >= 15 is 0 Å². The van der Waals surface area contributed by atoms with Gasteiger partial charge in [0.25, 0.3) is 0 Å². The monoisotopic (exact) mass is 377 g/mol. The van der Waals surface area contributed by atoms with Gasteiger partial charge in [-0.25, -0.2) is 8.42 Å². The van der Waals surface area contributed by atoms with Crippen molar-refractivity contribution in [3.63, 3.8) is 0 Å². The van der Waals surface area contributed by atoms with Crippen LogP contribution in [0.15, 0.2) is 27.6 Å². The number of rotatable bonds is 6. The van der Waals surface area contributed by atoms with Gasteiger partial charge < -0.3 is 10.6 Å². The molecule has 2 N–H and O–H groups in total. The van der Waals surface area contributed by atoms with Gasteiger partial charge in [0.15, 0.2) is 0 Å². The van der Waals surface area contributed by atoms with Gasteiger partial charge in [0.1, 0.15) is 0 Å². The molecule has 0 saturated heterocycles. The highest BCUT2D eigenvalue weighted by Crippen LogP contribution is 2.26. The van der Waals surface area contributed by atoms with Crippen LogP contribution in [0.5, 0.6) is 0 Å². The number of benzene rings is 1. The number of nitrogens with zero attached hydrogens (tertiary/aromatic N) is 2. The molecule has 1 aromatic rings. The number of anilines is 1. The summed E-state index contributed by atoms with van der Waals surface area (Å²) in [4.78, 5) is 13.7. The summed E-state index contributed by atoms with van der Waals surface area (Å²) in [5.41, 5.74) is 5.99. The molecule has 0 heterocycles. The first kappa shape index (κ1) is 17.9. The van der Waals surface area contributed by atoms with Crippen molar-refractivity contribution in [2.24, 2.45) is 0 Å². The predicted octanol–water partition coefficient (Wildman–Crippen LogP) is 1.52. The molecular formula is C13H20BrN3O3S. The van der Waals surface area contributed by atoms with E-state index in [9.17, 15) is 13.2 Å². The van der Waals surface area contributed by atoms with Crippen LogP contribution in [-0.2, 0) is 14.8 Å². The highest BCUT2D eigenvalue weighted by Gasteiger charge is 2.26.